The second kappa shape index (κ2) is 5.49. The number of hydrogen-bond donors (Lipinski definition) is 1. The van der Waals surface area contributed by atoms with E-state index in [9.17, 15) is 12.8 Å². The summed E-state index contributed by atoms with van der Waals surface area (Å²) >= 11 is 3.29. The zero-order chi connectivity index (χ0) is 14.9. The van der Waals surface area contributed by atoms with Gasteiger partial charge < -0.3 is 0 Å². The van der Waals surface area contributed by atoms with Crippen LogP contribution in [0.3, 0.4) is 0 Å². The number of rotatable bonds is 3. The molecule has 0 aliphatic heterocycles. The molecule has 4 nitrogen and oxygen atoms in total. The summed E-state index contributed by atoms with van der Waals surface area (Å²) in [6.45, 7) is 3.42. The van der Waals surface area contributed by atoms with Crippen LogP contribution in [0.5, 0.6) is 0 Å². The maximum atomic E-state index is 13.2. The number of benzene rings is 1. The molecule has 1 aromatic heterocycles. The van der Waals surface area contributed by atoms with Gasteiger partial charge in [-0.3, -0.25) is 4.72 Å². The van der Waals surface area contributed by atoms with Gasteiger partial charge in [-0.25, -0.2) is 17.8 Å². The Morgan fingerprint density at radius 3 is 2.55 bits per heavy atom. The first kappa shape index (κ1) is 14.9. The third kappa shape index (κ3) is 3.16. The predicted octanol–water partition coefficient (Wildman–Crippen LogP) is 3.40. The van der Waals surface area contributed by atoms with Crippen LogP contribution in [-0.4, -0.2) is 13.4 Å². The first-order valence-corrected chi connectivity index (χ1v) is 7.98. The number of halogens is 2. The lowest BCUT2D eigenvalue weighted by Crippen LogP contribution is -2.15. The molecule has 0 fully saturated rings. The highest BCUT2D eigenvalue weighted by atomic mass is 79.9. The minimum absolute atomic E-state index is 0.0973. The molecule has 0 amide bonds. The van der Waals surface area contributed by atoms with Crippen molar-refractivity contribution in [3.05, 3.63) is 51.9 Å². The van der Waals surface area contributed by atoms with Gasteiger partial charge in [0.2, 0.25) is 0 Å². The summed E-state index contributed by atoms with van der Waals surface area (Å²) in [5, 5.41) is 0. The van der Waals surface area contributed by atoms with E-state index < -0.39 is 15.8 Å². The molecule has 0 aliphatic carbocycles. The van der Waals surface area contributed by atoms with Crippen molar-refractivity contribution in [2.75, 3.05) is 4.72 Å². The normalized spacial score (nSPS) is 11.4. The monoisotopic (exact) mass is 358 g/mol. The topological polar surface area (TPSA) is 59.1 Å². The van der Waals surface area contributed by atoms with Crippen molar-refractivity contribution in [2.45, 2.75) is 18.7 Å². The van der Waals surface area contributed by atoms with Crippen molar-refractivity contribution in [1.82, 2.24) is 4.98 Å². The third-order valence-electron chi connectivity index (χ3n) is 2.73. The second-order valence-electron chi connectivity index (χ2n) is 4.33. The van der Waals surface area contributed by atoms with Gasteiger partial charge in [0.1, 0.15) is 11.6 Å². The van der Waals surface area contributed by atoms with Crippen molar-refractivity contribution >= 4 is 31.8 Å². The highest BCUT2D eigenvalue weighted by Gasteiger charge is 2.18. The molecule has 0 atom stereocenters. The third-order valence-corrected chi connectivity index (χ3v) is 5.05. The summed E-state index contributed by atoms with van der Waals surface area (Å²) in [6, 6.07) is 5.22. The quantitative estimate of drug-likeness (QED) is 0.914. The SMILES string of the molecule is Cc1cc(NS(=O)(=O)c2cc(F)ccc2C)ncc1Br. The lowest BCUT2D eigenvalue weighted by Gasteiger charge is -2.10. The van der Waals surface area contributed by atoms with E-state index in [0.29, 0.717) is 5.56 Å². The molecule has 2 aromatic rings. The Balaban J connectivity index is 2.40. The molecule has 0 radical (unpaired) electrons. The molecule has 1 N–H and O–H groups in total. The van der Waals surface area contributed by atoms with Gasteiger partial charge in [-0.15, -0.1) is 0 Å². The molecule has 0 bridgehead atoms. The second-order valence-corrected chi connectivity index (χ2v) is 6.84. The molecule has 2 rings (SSSR count). The average molecular weight is 359 g/mol. The maximum absolute atomic E-state index is 13.2. The van der Waals surface area contributed by atoms with Crippen LogP contribution in [0.25, 0.3) is 0 Å². The van der Waals surface area contributed by atoms with E-state index in [1.165, 1.54) is 18.3 Å². The molecule has 1 heterocycles. The summed E-state index contributed by atoms with van der Waals surface area (Å²) in [5.74, 6) is -0.412. The zero-order valence-electron chi connectivity index (χ0n) is 10.8. The van der Waals surface area contributed by atoms with Crippen LogP contribution in [0.15, 0.2) is 39.8 Å². The number of pyridine rings is 1. The van der Waals surface area contributed by atoms with Gasteiger partial charge in [-0.2, -0.15) is 0 Å². The molecule has 20 heavy (non-hydrogen) atoms. The van der Waals surface area contributed by atoms with Gasteiger partial charge in [-0.05, 0) is 59.1 Å². The largest absolute Gasteiger partial charge is 0.263 e. The number of nitrogens with one attached hydrogen (secondary N) is 1. The van der Waals surface area contributed by atoms with Crippen LogP contribution in [0.1, 0.15) is 11.1 Å². The summed E-state index contributed by atoms with van der Waals surface area (Å²) < 4.78 is 40.8. The van der Waals surface area contributed by atoms with Crippen molar-refractivity contribution in [3.8, 4) is 0 Å². The van der Waals surface area contributed by atoms with Crippen LogP contribution >= 0.6 is 15.9 Å². The van der Waals surface area contributed by atoms with E-state index in [4.69, 9.17) is 0 Å². The van der Waals surface area contributed by atoms with E-state index in [1.807, 2.05) is 6.92 Å². The molecule has 0 saturated heterocycles. The Kier molecular flexibility index (Phi) is 4.10. The number of aromatic nitrogens is 1. The summed E-state index contributed by atoms with van der Waals surface area (Å²) in [7, 11) is -3.86. The Labute approximate surface area is 125 Å². The van der Waals surface area contributed by atoms with Crippen molar-refractivity contribution in [1.29, 1.82) is 0 Å². The van der Waals surface area contributed by atoms with Crippen molar-refractivity contribution in [3.63, 3.8) is 0 Å². The molecular formula is C13H12BrFN2O2S. The number of anilines is 1. The predicted molar refractivity (Wildman–Crippen MR) is 78.6 cm³/mol. The number of aryl methyl sites for hydroxylation is 2. The van der Waals surface area contributed by atoms with Gasteiger partial charge >= 0.3 is 0 Å². The summed E-state index contributed by atoms with van der Waals surface area (Å²) in [6.07, 6.45) is 1.51. The fraction of sp³-hybridized carbons (Fsp3) is 0.154. The first-order valence-electron chi connectivity index (χ1n) is 5.71. The van der Waals surface area contributed by atoms with Crippen LogP contribution < -0.4 is 4.72 Å². The average Bonchev–Trinajstić information content (AvgIpc) is 2.36. The minimum Gasteiger partial charge on any atom is -0.263 e. The van der Waals surface area contributed by atoms with E-state index in [0.717, 1.165) is 16.1 Å². The molecule has 0 saturated carbocycles. The van der Waals surface area contributed by atoms with Gasteiger partial charge in [0.25, 0.3) is 10.0 Å². The Morgan fingerprint density at radius 1 is 1.20 bits per heavy atom. The van der Waals surface area contributed by atoms with E-state index in [-0.39, 0.29) is 10.7 Å². The zero-order valence-corrected chi connectivity index (χ0v) is 13.2. The number of nitrogens with zero attached hydrogens (tertiary/aromatic N) is 1. The number of hydrogen-bond acceptors (Lipinski definition) is 3. The van der Waals surface area contributed by atoms with E-state index in [2.05, 4.69) is 25.6 Å². The lowest BCUT2D eigenvalue weighted by atomic mass is 10.2. The van der Waals surface area contributed by atoms with E-state index >= 15 is 0 Å². The van der Waals surface area contributed by atoms with Crippen LogP contribution in [-0.2, 0) is 10.0 Å². The lowest BCUT2D eigenvalue weighted by molar-refractivity contribution is 0.594. The molecule has 0 aliphatic rings. The van der Waals surface area contributed by atoms with Crippen molar-refractivity contribution < 1.29 is 12.8 Å². The highest BCUT2D eigenvalue weighted by Crippen LogP contribution is 2.22. The first-order chi connectivity index (χ1) is 9.29. The fourth-order valence-corrected chi connectivity index (χ4v) is 3.12. The molecule has 106 valence electrons. The van der Waals surface area contributed by atoms with Gasteiger partial charge in [0.05, 0.1) is 4.90 Å². The number of sulfonamides is 1. The Hall–Kier alpha value is -1.47. The van der Waals surface area contributed by atoms with Crippen LogP contribution in [0, 0.1) is 19.7 Å². The smallest absolute Gasteiger partial charge is 0.263 e. The fourth-order valence-electron chi connectivity index (χ4n) is 1.65. The van der Waals surface area contributed by atoms with Gasteiger partial charge in [0, 0.05) is 10.7 Å². The van der Waals surface area contributed by atoms with Crippen LogP contribution in [0.2, 0.25) is 0 Å². The standard InChI is InChI=1S/C13H12BrFN2O2S/c1-8-3-4-10(15)6-12(8)20(18,19)17-13-5-9(2)11(14)7-16-13/h3-7H,1-2H3,(H,16,17). The van der Waals surface area contributed by atoms with E-state index in [1.54, 1.807) is 13.0 Å². The Bertz CT molecular complexity index is 763. The molecular weight excluding hydrogens is 347 g/mol. The Morgan fingerprint density at radius 2 is 1.90 bits per heavy atom. The van der Waals surface area contributed by atoms with Crippen molar-refractivity contribution in [2.24, 2.45) is 0 Å². The molecule has 0 spiro atoms. The van der Waals surface area contributed by atoms with Gasteiger partial charge in [-0.1, -0.05) is 6.07 Å². The summed E-state index contributed by atoms with van der Waals surface area (Å²) in [4.78, 5) is 3.87. The maximum Gasteiger partial charge on any atom is 0.263 e. The summed E-state index contributed by atoms with van der Waals surface area (Å²) in [5.41, 5.74) is 1.31. The van der Waals surface area contributed by atoms with Gasteiger partial charge in [0.15, 0.2) is 0 Å². The minimum atomic E-state index is -3.86. The highest BCUT2D eigenvalue weighted by molar-refractivity contribution is 9.10. The van der Waals surface area contributed by atoms with Crippen LogP contribution in [0.4, 0.5) is 10.2 Å². The molecule has 1 aromatic carbocycles. The molecule has 7 heteroatoms. The molecule has 0 unspecified atom stereocenters.